The van der Waals surface area contributed by atoms with Crippen LogP contribution >= 0.6 is 11.3 Å². The largest absolute Gasteiger partial charge is 0.256 e. The predicted octanol–water partition coefficient (Wildman–Crippen LogP) is 6.85. The molecule has 0 atom stereocenters. The van der Waals surface area contributed by atoms with Gasteiger partial charge in [-0.2, -0.15) is 0 Å². The number of rotatable bonds is 3. The molecule has 1 nitrogen and oxygen atoms in total. The van der Waals surface area contributed by atoms with Crippen LogP contribution in [0.4, 0.5) is 4.39 Å². The first-order chi connectivity index (χ1) is 14.1. The van der Waals surface area contributed by atoms with Crippen LogP contribution in [-0.2, 0) is 6.37 Å². The average Bonchev–Trinajstić information content (AvgIpc) is 3.15. The number of hydrogen-bond acceptors (Lipinski definition) is 2. The average molecular weight is 371 g/mol. The summed E-state index contributed by atoms with van der Waals surface area (Å²) in [5.74, 6) is -0.225. The minimum atomic E-state index is -1.64. The van der Waals surface area contributed by atoms with E-state index in [4.69, 9.17) is 2.74 Å². The molecule has 0 amide bonds. The van der Waals surface area contributed by atoms with E-state index in [0.717, 1.165) is 21.0 Å². The quantitative estimate of drug-likeness (QED) is 0.338. The predicted molar refractivity (Wildman–Crippen MR) is 112 cm³/mol. The zero-order chi connectivity index (χ0) is 20.0. The van der Waals surface area contributed by atoms with Crippen molar-refractivity contribution in [1.82, 2.24) is 4.98 Å². The summed E-state index contributed by atoms with van der Waals surface area (Å²) in [5, 5.41) is 1.88. The number of aromatic nitrogens is 1. The van der Waals surface area contributed by atoms with Gasteiger partial charge in [0, 0.05) is 30.0 Å². The molecule has 2 aromatic heterocycles. The molecular formula is C24H16FNS. The van der Waals surface area contributed by atoms with E-state index in [1.165, 1.54) is 17.4 Å². The maximum Gasteiger partial charge on any atom is 0.141 e. The van der Waals surface area contributed by atoms with Crippen LogP contribution < -0.4 is 0 Å². The number of halogens is 1. The fraction of sp³-hybridized carbons (Fsp3) is 0.0417. The lowest BCUT2D eigenvalue weighted by atomic mass is 10.0. The summed E-state index contributed by atoms with van der Waals surface area (Å²) in [4.78, 5) is 4.51. The third kappa shape index (κ3) is 2.90. The Morgan fingerprint density at radius 3 is 2.44 bits per heavy atom. The van der Waals surface area contributed by atoms with Crippen LogP contribution in [0.15, 0.2) is 85.1 Å². The van der Waals surface area contributed by atoms with E-state index >= 15 is 0 Å². The van der Waals surface area contributed by atoms with E-state index in [9.17, 15) is 4.39 Å². The molecular weight excluding hydrogens is 353 g/mol. The van der Waals surface area contributed by atoms with Crippen molar-refractivity contribution in [3.05, 3.63) is 102 Å². The van der Waals surface area contributed by atoms with Gasteiger partial charge in [0.2, 0.25) is 0 Å². The Labute approximate surface area is 163 Å². The van der Waals surface area contributed by atoms with Gasteiger partial charge in [0.15, 0.2) is 0 Å². The summed E-state index contributed by atoms with van der Waals surface area (Å²) in [7, 11) is 0. The molecule has 0 N–H and O–H groups in total. The number of hydrogen-bond donors (Lipinski definition) is 0. The Morgan fingerprint density at radius 2 is 1.59 bits per heavy atom. The Hall–Kier alpha value is -3.04. The van der Waals surface area contributed by atoms with E-state index in [0.29, 0.717) is 21.5 Å². The lowest BCUT2D eigenvalue weighted by Gasteiger charge is -2.06. The summed E-state index contributed by atoms with van der Waals surface area (Å²) >= 11 is 1.41. The summed E-state index contributed by atoms with van der Waals surface area (Å²) in [6.45, 7) is 0. The molecule has 3 aromatic carbocycles. The van der Waals surface area contributed by atoms with Crippen molar-refractivity contribution in [2.75, 3.05) is 0 Å². The van der Waals surface area contributed by atoms with Crippen LogP contribution in [0, 0.1) is 5.82 Å². The molecule has 27 heavy (non-hydrogen) atoms. The second kappa shape index (κ2) is 6.60. The summed E-state index contributed by atoms with van der Waals surface area (Å²) in [6, 6.07) is 23.6. The molecule has 5 aromatic rings. The number of nitrogens with zero attached hydrogens (tertiary/aromatic N) is 1. The van der Waals surface area contributed by atoms with Gasteiger partial charge in [0.05, 0.1) is 10.4 Å². The highest BCUT2D eigenvalue weighted by Gasteiger charge is 2.13. The molecule has 3 heteroatoms. The molecule has 0 fully saturated rings. The van der Waals surface area contributed by atoms with E-state index in [-0.39, 0.29) is 5.82 Å². The molecule has 2 heterocycles. The maximum absolute atomic E-state index is 14.3. The Balaban J connectivity index is 1.70. The Kier molecular flexibility index (Phi) is 3.44. The minimum absolute atomic E-state index is 0.225. The third-order valence-electron chi connectivity index (χ3n) is 4.57. The molecule has 130 valence electrons. The molecule has 0 saturated carbocycles. The topological polar surface area (TPSA) is 12.9 Å². The highest BCUT2D eigenvalue weighted by atomic mass is 32.1. The molecule has 0 saturated heterocycles. The van der Waals surface area contributed by atoms with Crippen molar-refractivity contribution < 1.29 is 7.13 Å². The molecule has 5 rings (SSSR count). The van der Waals surface area contributed by atoms with Crippen molar-refractivity contribution in [3.63, 3.8) is 0 Å². The molecule has 0 aliphatic carbocycles. The Morgan fingerprint density at radius 1 is 0.815 bits per heavy atom. The van der Waals surface area contributed by atoms with Crippen LogP contribution in [0.5, 0.6) is 0 Å². The van der Waals surface area contributed by atoms with Gasteiger partial charge >= 0.3 is 0 Å². The summed E-state index contributed by atoms with van der Waals surface area (Å²) in [5.41, 5.74) is 2.70. The highest BCUT2D eigenvalue weighted by molar-refractivity contribution is 7.26. The monoisotopic (exact) mass is 371 g/mol. The van der Waals surface area contributed by atoms with Gasteiger partial charge in [0.25, 0.3) is 0 Å². The lowest BCUT2D eigenvalue weighted by Crippen LogP contribution is -1.91. The van der Waals surface area contributed by atoms with Gasteiger partial charge < -0.3 is 0 Å². The normalized spacial score (nSPS) is 12.9. The van der Waals surface area contributed by atoms with Gasteiger partial charge in [-0.15, -0.1) is 11.3 Å². The zero-order valence-corrected chi connectivity index (χ0v) is 15.1. The number of fused-ring (bicyclic) bond motifs is 3. The molecule has 0 radical (unpaired) electrons. The molecule has 0 bridgehead atoms. The highest BCUT2D eigenvalue weighted by Crippen LogP contribution is 2.40. The summed E-state index contributed by atoms with van der Waals surface area (Å²) in [6.07, 6.45) is -0.00269. The standard InChI is InChI=1S/C24H16FNS/c25-21-11-5-9-19-18-8-4-10-20(23(18)27-24(19)21)22-15-17(12-13-26-22)14-16-6-2-1-3-7-16/h1-13,15H,14H2/i14D2. The maximum atomic E-state index is 14.3. The third-order valence-corrected chi connectivity index (χ3v) is 5.84. The van der Waals surface area contributed by atoms with Gasteiger partial charge in [-0.25, -0.2) is 4.39 Å². The first-order valence-corrected chi connectivity index (χ1v) is 9.49. The number of thiophene rings is 1. The van der Waals surface area contributed by atoms with Gasteiger partial charge in [-0.1, -0.05) is 60.7 Å². The second-order valence-corrected chi connectivity index (χ2v) is 7.34. The molecule has 0 unspecified atom stereocenters. The SMILES string of the molecule is [2H]C([2H])(c1ccccc1)c1ccnc(-c2cccc3c2sc2c(F)cccc23)c1. The molecule has 0 aliphatic rings. The van der Waals surface area contributed by atoms with Crippen LogP contribution in [0.3, 0.4) is 0 Å². The van der Waals surface area contributed by atoms with Crippen LogP contribution in [-0.4, -0.2) is 4.98 Å². The zero-order valence-electron chi connectivity index (χ0n) is 16.3. The molecule has 0 aliphatic heterocycles. The molecule has 0 spiro atoms. The van der Waals surface area contributed by atoms with Gasteiger partial charge in [0.1, 0.15) is 5.82 Å². The van der Waals surface area contributed by atoms with Gasteiger partial charge in [-0.05, 0) is 35.7 Å². The van der Waals surface area contributed by atoms with Gasteiger partial charge in [-0.3, -0.25) is 4.98 Å². The van der Waals surface area contributed by atoms with Crippen molar-refractivity contribution in [2.24, 2.45) is 0 Å². The van der Waals surface area contributed by atoms with E-state index in [2.05, 4.69) is 4.98 Å². The van der Waals surface area contributed by atoms with Crippen LogP contribution in [0.25, 0.3) is 31.4 Å². The van der Waals surface area contributed by atoms with Crippen LogP contribution in [0.1, 0.15) is 13.9 Å². The van der Waals surface area contributed by atoms with E-state index in [1.54, 1.807) is 36.5 Å². The number of pyridine rings is 1. The minimum Gasteiger partial charge on any atom is -0.256 e. The second-order valence-electron chi connectivity index (χ2n) is 6.32. The van der Waals surface area contributed by atoms with Crippen molar-refractivity contribution >= 4 is 31.5 Å². The van der Waals surface area contributed by atoms with Crippen LogP contribution in [0.2, 0.25) is 0 Å². The van der Waals surface area contributed by atoms with Crippen molar-refractivity contribution in [2.45, 2.75) is 6.37 Å². The van der Waals surface area contributed by atoms with E-state index < -0.39 is 6.37 Å². The number of benzene rings is 3. The summed E-state index contributed by atoms with van der Waals surface area (Å²) < 4.78 is 33.2. The van der Waals surface area contributed by atoms with Crippen molar-refractivity contribution in [1.29, 1.82) is 0 Å². The van der Waals surface area contributed by atoms with E-state index in [1.807, 2.05) is 42.5 Å². The first kappa shape index (κ1) is 14.1. The fourth-order valence-corrected chi connectivity index (χ4v) is 4.56. The Bertz CT molecular complexity index is 1350. The first-order valence-electron chi connectivity index (χ1n) is 9.68. The lowest BCUT2D eigenvalue weighted by molar-refractivity contribution is 0.642. The van der Waals surface area contributed by atoms with Crippen molar-refractivity contribution in [3.8, 4) is 11.3 Å². The fourth-order valence-electron chi connectivity index (χ4n) is 3.33. The smallest absolute Gasteiger partial charge is 0.141 e.